The fourth-order valence-corrected chi connectivity index (χ4v) is 3.70. The Hall–Kier alpha value is -1.16. The van der Waals surface area contributed by atoms with Gasteiger partial charge in [-0.2, -0.15) is 0 Å². The molecule has 0 amide bonds. The highest BCUT2D eigenvalue weighted by Gasteiger charge is 2.39. The normalized spacial score (nSPS) is 24.3. The summed E-state index contributed by atoms with van der Waals surface area (Å²) in [4.78, 5) is 1.95. The molecule has 0 spiro atoms. The van der Waals surface area contributed by atoms with Crippen molar-refractivity contribution in [3.63, 3.8) is 0 Å². The summed E-state index contributed by atoms with van der Waals surface area (Å²) in [6.45, 7) is 6.39. The van der Waals surface area contributed by atoms with Crippen LogP contribution in [0.15, 0.2) is 12.1 Å². The predicted molar refractivity (Wildman–Crippen MR) is 81.4 cm³/mol. The van der Waals surface area contributed by atoms with Crippen LogP contribution < -0.4 is 10.2 Å². The molecule has 1 N–H and O–H groups in total. The van der Waals surface area contributed by atoms with Crippen LogP contribution in [-0.2, 0) is 6.54 Å². The van der Waals surface area contributed by atoms with Gasteiger partial charge in [-0.15, -0.1) is 0 Å². The van der Waals surface area contributed by atoms with Gasteiger partial charge in [0.25, 0.3) is 0 Å². The van der Waals surface area contributed by atoms with Gasteiger partial charge in [-0.3, -0.25) is 0 Å². The zero-order valence-corrected chi connectivity index (χ0v) is 12.8. The van der Waals surface area contributed by atoms with Gasteiger partial charge in [0.1, 0.15) is 17.3 Å². The molecule has 1 aromatic rings. The number of anilines is 1. The summed E-state index contributed by atoms with van der Waals surface area (Å²) in [5, 5.41) is 3.22. The zero-order valence-electron chi connectivity index (χ0n) is 12.8. The molecule has 1 heterocycles. The molecule has 0 radical (unpaired) electrons. The molecular formula is C17H24F2N2. The zero-order chi connectivity index (χ0) is 15.0. The van der Waals surface area contributed by atoms with E-state index >= 15 is 0 Å². The van der Waals surface area contributed by atoms with E-state index in [0.717, 1.165) is 25.9 Å². The van der Waals surface area contributed by atoms with Gasteiger partial charge in [-0.05, 0) is 55.3 Å². The maximum atomic E-state index is 14.4. The second kappa shape index (κ2) is 5.91. The van der Waals surface area contributed by atoms with E-state index in [-0.39, 0.29) is 5.69 Å². The Labute approximate surface area is 125 Å². The Balaban J connectivity index is 1.74. The topological polar surface area (TPSA) is 15.3 Å². The average molecular weight is 294 g/mol. The molecule has 3 rings (SSSR count). The van der Waals surface area contributed by atoms with Gasteiger partial charge >= 0.3 is 0 Å². The molecular weight excluding hydrogens is 270 g/mol. The van der Waals surface area contributed by atoms with Crippen LogP contribution in [0.25, 0.3) is 0 Å². The molecule has 1 saturated heterocycles. The third kappa shape index (κ3) is 3.05. The van der Waals surface area contributed by atoms with Crippen molar-refractivity contribution in [3.8, 4) is 0 Å². The third-order valence-corrected chi connectivity index (χ3v) is 4.65. The van der Waals surface area contributed by atoms with Gasteiger partial charge < -0.3 is 10.2 Å². The highest BCUT2D eigenvalue weighted by atomic mass is 19.1. The van der Waals surface area contributed by atoms with E-state index in [2.05, 4.69) is 19.2 Å². The van der Waals surface area contributed by atoms with Crippen molar-refractivity contribution in [2.75, 3.05) is 18.0 Å². The Kier molecular flexibility index (Phi) is 4.16. The van der Waals surface area contributed by atoms with Crippen molar-refractivity contribution in [2.24, 2.45) is 11.8 Å². The van der Waals surface area contributed by atoms with E-state index in [1.165, 1.54) is 18.6 Å². The maximum Gasteiger partial charge on any atom is 0.149 e. The van der Waals surface area contributed by atoms with Crippen LogP contribution in [0.4, 0.5) is 14.5 Å². The monoisotopic (exact) mass is 294 g/mol. The lowest BCUT2D eigenvalue weighted by molar-refractivity contribution is 0.516. The lowest BCUT2D eigenvalue weighted by atomic mass is 10.1. The number of halogens is 2. The lowest BCUT2D eigenvalue weighted by Gasteiger charge is -2.30. The van der Waals surface area contributed by atoms with E-state index < -0.39 is 11.6 Å². The fraction of sp³-hybridized carbons (Fsp3) is 0.647. The minimum absolute atomic E-state index is 0.190. The summed E-state index contributed by atoms with van der Waals surface area (Å²) in [5.41, 5.74) is 0.869. The SMILES string of the molecule is CC(C)CNCc1cc(F)c(N2CC3CCC2C3)c(F)c1. The van der Waals surface area contributed by atoms with E-state index in [1.54, 1.807) is 0 Å². The van der Waals surface area contributed by atoms with Crippen molar-refractivity contribution < 1.29 is 8.78 Å². The molecule has 2 unspecified atom stereocenters. The molecule has 116 valence electrons. The largest absolute Gasteiger partial charge is 0.364 e. The number of nitrogens with one attached hydrogen (secondary N) is 1. The van der Waals surface area contributed by atoms with Crippen LogP contribution in [0.1, 0.15) is 38.7 Å². The smallest absolute Gasteiger partial charge is 0.149 e. The second-order valence-electron chi connectivity index (χ2n) is 6.92. The molecule has 2 bridgehead atoms. The van der Waals surface area contributed by atoms with E-state index in [0.29, 0.717) is 30.0 Å². The molecule has 0 aromatic heterocycles. The number of rotatable bonds is 5. The first-order chi connectivity index (χ1) is 10.0. The van der Waals surface area contributed by atoms with Gasteiger partial charge in [0.15, 0.2) is 0 Å². The third-order valence-electron chi connectivity index (χ3n) is 4.65. The Morgan fingerprint density at radius 2 is 1.95 bits per heavy atom. The fourth-order valence-electron chi connectivity index (χ4n) is 3.70. The van der Waals surface area contributed by atoms with Crippen molar-refractivity contribution >= 4 is 5.69 Å². The van der Waals surface area contributed by atoms with Crippen molar-refractivity contribution in [1.29, 1.82) is 0 Å². The predicted octanol–water partition coefficient (Wildman–Crippen LogP) is 3.70. The number of nitrogens with zero attached hydrogens (tertiary/aromatic N) is 1. The van der Waals surface area contributed by atoms with Crippen molar-refractivity contribution in [2.45, 2.75) is 45.7 Å². The molecule has 2 aliphatic rings. The van der Waals surface area contributed by atoms with Gasteiger partial charge in [-0.1, -0.05) is 13.8 Å². The Morgan fingerprint density at radius 1 is 1.24 bits per heavy atom. The number of hydrogen-bond donors (Lipinski definition) is 1. The van der Waals surface area contributed by atoms with Gasteiger partial charge in [0, 0.05) is 19.1 Å². The Bertz CT molecular complexity index is 493. The summed E-state index contributed by atoms with van der Waals surface area (Å²) in [6.07, 6.45) is 3.37. The van der Waals surface area contributed by atoms with Gasteiger partial charge in [0.2, 0.25) is 0 Å². The number of fused-ring (bicyclic) bond motifs is 2. The van der Waals surface area contributed by atoms with E-state index in [1.807, 2.05) is 4.90 Å². The summed E-state index contributed by atoms with van der Waals surface area (Å²) >= 11 is 0. The van der Waals surface area contributed by atoms with Crippen LogP contribution in [0.3, 0.4) is 0 Å². The lowest BCUT2D eigenvalue weighted by Crippen LogP contribution is -2.33. The molecule has 4 heteroatoms. The molecule has 1 aliphatic heterocycles. The summed E-state index contributed by atoms with van der Waals surface area (Å²) < 4.78 is 28.7. The number of hydrogen-bond acceptors (Lipinski definition) is 2. The Morgan fingerprint density at radius 3 is 2.48 bits per heavy atom. The van der Waals surface area contributed by atoms with Crippen molar-refractivity contribution in [3.05, 3.63) is 29.3 Å². The highest BCUT2D eigenvalue weighted by Crippen LogP contribution is 2.42. The second-order valence-corrected chi connectivity index (χ2v) is 6.92. The molecule has 2 nitrogen and oxygen atoms in total. The summed E-state index contributed by atoms with van der Waals surface area (Å²) in [6, 6.07) is 3.30. The minimum Gasteiger partial charge on any atom is -0.364 e. The number of benzene rings is 1. The van der Waals surface area contributed by atoms with Crippen LogP contribution in [-0.4, -0.2) is 19.1 Å². The standard InChI is InChI=1S/C17H24F2N2/c1-11(2)8-20-9-13-6-15(18)17(16(19)7-13)21-10-12-3-4-14(21)5-12/h6-7,11-12,14,20H,3-5,8-10H2,1-2H3. The van der Waals surface area contributed by atoms with E-state index in [4.69, 9.17) is 0 Å². The van der Waals surface area contributed by atoms with Crippen LogP contribution in [0.2, 0.25) is 0 Å². The first kappa shape index (κ1) is 14.8. The number of piperidine rings is 1. The molecule has 2 atom stereocenters. The summed E-state index contributed by atoms with van der Waals surface area (Å²) in [5.74, 6) is 0.327. The molecule has 21 heavy (non-hydrogen) atoms. The highest BCUT2D eigenvalue weighted by molar-refractivity contribution is 5.53. The van der Waals surface area contributed by atoms with Crippen molar-refractivity contribution in [1.82, 2.24) is 5.32 Å². The van der Waals surface area contributed by atoms with Crippen LogP contribution in [0, 0.1) is 23.5 Å². The summed E-state index contributed by atoms with van der Waals surface area (Å²) in [7, 11) is 0. The molecule has 1 saturated carbocycles. The van der Waals surface area contributed by atoms with Crippen LogP contribution in [0.5, 0.6) is 0 Å². The average Bonchev–Trinajstić information content (AvgIpc) is 3.00. The quantitative estimate of drug-likeness (QED) is 0.891. The van der Waals surface area contributed by atoms with E-state index in [9.17, 15) is 8.78 Å². The molecule has 1 aliphatic carbocycles. The van der Waals surface area contributed by atoms with Crippen LogP contribution >= 0.6 is 0 Å². The first-order valence-electron chi connectivity index (χ1n) is 8.00. The van der Waals surface area contributed by atoms with Gasteiger partial charge in [0.05, 0.1) is 0 Å². The first-order valence-corrected chi connectivity index (χ1v) is 8.00. The van der Waals surface area contributed by atoms with Gasteiger partial charge in [-0.25, -0.2) is 8.78 Å². The minimum atomic E-state index is -0.413. The molecule has 1 aromatic carbocycles. The molecule has 2 fully saturated rings. The maximum absolute atomic E-state index is 14.4.